The number of thiazole rings is 1. The summed E-state index contributed by atoms with van der Waals surface area (Å²) in [6.45, 7) is 3.15. The molecule has 0 amide bonds. The molecule has 6 heteroatoms. The minimum absolute atomic E-state index is 0.275. The van der Waals surface area contributed by atoms with Crippen molar-refractivity contribution in [2.75, 3.05) is 12.0 Å². The number of benzene rings is 2. The van der Waals surface area contributed by atoms with Crippen LogP contribution in [0.3, 0.4) is 0 Å². The first-order chi connectivity index (χ1) is 14.3. The highest BCUT2D eigenvalue weighted by molar-refractivity contribution is 7.14. The van der Waals surface area contributed by atoms with Crippen molar-refractivity contribution >= 4 is 22.7 Å². The van der Waals surface area contributed by atoms with E-state index in [9.17, 15) is 4.39 Å². The molecule has 1 aromatic heterocycles. The molecule has 0 unspecified atom stereocenters. The van der Waals surface area contributed by atoms with Gasteiger partial charge in [-0.25, -0.2) is 9.37 Å². The molecule has 0 spiro atoms. The van der Waals surface area contributed by atoms with Crippen LogP contribution in [-0.4, -0.2) is 17.8 Å². The Balaban J connectivity index is 1.48. The fourth-order valence-electron chi connectivity index (χ4n) is 2.80. The predicted molar refractivity (Wildman–Crippen MR) is 119 cm³/mol. The number of unbranched alkanes of at least 4 members (excludes halogenated alkanes) is 3. The maximum absolute atomic E-state index is 14.2. The van der Waals surface area contributed by atoms with Crippen LogP contribution < -0.4 is 5.43 Å². The van der Waals surface area contributed by atoms with Crippen molar-refractivity contribution in [3.63, 3.8) is 0 Å². The molecular weight excluding hydrogens is 385 g/mol. The van der Waals surface area contributed by atoms with E-state index in [1.54, 1.807) is 12.3 Å². The highest BCUT2D eigenvalue weighted by Crippen LogP contribution is 2.24. The number of nitrogens with one attached hydrogen (secondary N) is 1. The molecule has 1 N–H and O–H groups in total. The van der Waals surface area contributed by atoms with Gasteiger partial charge in [0.25, 0.3) is 0 Å². The lowest BCUT2D eigenvalue weighted by atomic mass is 10.1. The standard InChI is InChI=1S/C23H26FN3OS/c1-2-3-4-8-13-28-16-20-12-11-18(14-21(20)24)15-25-27-23-26-22(17-29-23)19-9-6-5-7-10-19/h5-7,9-12,14-15,17H,2-4,8,13,16H2,1H3,(H,26,27). The van der Waals surface area contributed by atoms with Gasteiger partial charge in [0.1, 0.15) is 5.82 Å². The van der Waals surface area contributed by atoms with Crippen LogP contribution >= 0.6 is 11.3 Å². The largest absolute Gasteiger partial charge is 0.377 e. The summed E-state index contributed by atoms with van der Waals surface area (Å²) in [6, 6.07) is 15.0. The van der Waals surface area contributed by atoms with Crippen LogP contribution in [0.1, 0.15) is 43.7 Å². The zero-order valence-corrected chi connectivity index (χ0v) is 17.4. The molecule has 0 atom stereocenters. The van der Waals surface area contributed by atoms with Gasteiger partial charge in [0, 0.05) is 23.1 Å². The van der Waals surface area contributed by atoms with Crippen LogP contribution in [-0.2, 0) is 11.3 Å². The third-order valence-electron chi connectivity index (χ3n) is 4.42. The summed E-state index contributed by atoms with van der Waals surface area (Å²) < 4.78 is 19.8. The number of anilines is 1. The second-order valence-electron chi connectivity index (χ2n) is 6.74. The molecule has 0 aliphatic rings. The molecule has 4 nitrogen and oxygen atoms in total. The van der Waals surface area contributed by atoms with Crippen molar-refractivity contribution in [1.29, 1.82) is 0 Å². The number of nitrogens with zero attached hydrogens (tertiary/aromatic N) is 2. The summed E-state index contributed by atoms with van der Waals surface area (Å²) in [5.74, 6) is -0.275. The second-order valence-corrected chi connectivity index (χ2v) is 7.60. The first kappa shape index (κ1) is 21.1. The Kier molecular flexibility index (Phi) is 8.34. The first-order valence-corrected chi connectivity index (χ1v) is 10.8. The highest BCUT2D eigenvalue weighted by Gasteiger charge is 2.04. The monoisotopic (exact) mass is 411 g/mol. The maximum atomic E-state index is 14.2. The van der Waals surface area contributed by atoms with Gasteiger partial charge < -0.3 is 4.74 Å². The number of ether oxygens (including phenoxy) is 1. The second kappa shape index (κ2) is 11.4. The molecule has 3 rings (SSSR count). The van der Waals surface area contributed by atoms with Gasteiger partial charge in [-0.15, -0.1) is 11.3 Å². The zero-order valence-electron chi connectivity index (χ0n) is 16.6. The summed E-state index contributed by atoms with van der Waals surface area (Å²) in [5, 5.41) is 6.83. The molecule has 2 aromatic carbocycles. The van der Waals surface area contributed by atoms with Gasteiger partial charge in [0.15, 0.2) is 0 Å². The van der Waals surface area contributed by atoms with E-state index < -0.39 is 0 Å². The zero-order chi connectivity index (χ0) is 20.3. The maximum Gasteiger partial charge on any atom is 0.203 e. The molecule has 0 radical (unpaired) electrons. The normalized spacial score (nSPS) is 11.2. The topological polar surface area (TPSA) is 46.5 Å². The van der Waals surface area contributed by atoms with Crippen LogP contribution in [0.4, 0.5) is 9.52 Å². The van der Waals surface area contributed by atoms with Gasteiger partial charge in [-0.2, -0.15) is 5.10 Å². The quantitative estimate of drug-likeness (QED) is 0.223. The highest BCUT2D eigenvalue weighted by atomic mass is 32.1. The molecule has 0 saturated carbocycles. The third kappa shape index (κ3) is 6.76. The number of rotatable bonds is 11. The Morgan fingerprint density at radius 2 is 2.00 bits per heavy atom. The van der Waals surface area contributed by atoms with E-state index in [-0.39, 0.29) is 5.82 Å². The van der Waals surface area contributed by atoms with Crippen molar-refractivity contribution in [1.82, 2.24) is 4.98 Å². The van der Waals surface area contributed by atoms with Crippen molar-refractivity contribution < 1.29 is 9.13 Å². The molecule has 1 heterocycles. The minimum atomic E-state index is -0.275. The molecule has 29 heavy (non-hydrogen) atoms. The van der Waals surface area contributed by atoms with E-state index in [2.05, 4.69) is 22.4 Å². The summed E-state index contributed by atoms with van der Waals surface area (Å²) >= 11 is 1.47. The first-order valence-electron chi connectivity index (χ1n) is 9.92. The Morgan fingerprint density at radius 3 is 2.79 bits per heavy atom. The van der Waals surface area contributed by atoms with E-state index >= 15 is 0 Å². The molecule has 0 aliphatic heterocycles. The third-order valence-corrected chi connectivity index (χ3v) is 5.17. The Bertz CT molecular complexity index is 911. The number of hydrazone groups is 1. The van der Waals surface area contributed by atoms with Crippen molar-refractivity contribution in [2.24, 2.45) is 5.10 Å². The van der Waals surface area contributed by atoms with E-state index in [1.165, 1.54) is 30.2 Å². The number of halogens is 1. The fourth-order valence-corrected chi connectivity index (χ4v) is 3.47. The lowest BCUT2D eigenvalue weighted by molar-refractivity contribution is 0.114. The van der Waals surface area contributed by atoms with Crippen molar-refractivity contribution in [3.05, 3.63) is 70.9 Å². The Hall–Kier alpha value is -2.57. The Morgan fingerprint density at radius 1 is 1.14 bits per heavy atom. The number of aromatic nitrogens is 1. The van der Waals surface area contributed by atoms with Crippen molar-refractivity contribution in [2.45, 2.75) is 39.2 Å². The Labute approximate surface area is 175 Å². The van der Waals surface area contributed by atoms with E-state index in [0.29, 0.717) is 29.5 Å². The average molecular weight is 412 g/mol. The smallest absolute Gasteiger partial charge is 0.203 e. The van der Waals surface area contributed by atoms with Gasteiger partial charge in [-0.3, -0.25) is 5.43 Å². The molecule has 0 saturated heterocycles. The van der Waals surface area contributed by atoms with Crippen LogP contribution in [0, 0.1) is 5.82 Å². The van der Waals surface area contributed by atoms with Crippen LogP contribution in [0.25, 0.3) is 11.3 Å². The summed E-state index contributed by atoms with van der Waals surface area (Å²) in [6.07, 6.45) is 6.18. The lowest BCUT2D eigenvalue weighted by Crippen LogP contribution is -1.99. The number of hydrogen-bond donors (Lipinski definition) is 1. The minimum Gasteiger partial charge on any atom is -0.377 e. The molecule has 152 valence electrons. The SMILES string of the molecule is CCCCCCOCc1ccc(C=NNc2nc(-c3ccccc3)cs2)cc1F. The van der Waals surface area contributed by atoms with Gasteiger partial charge in [-0.05, 0) is 18.1 Å². The molecule has 0 aliphatic carbocycles. The number of hydrogen-bond acceptors (Lipinski definition) is 5. The summed E-state index contributed by atoms with van der Waals surface area (Å²) in [5.41, 5.74) is 6.12. The molecule has 0 bridgehead atoms. The van der Waals surface area contributed by atoms with Gasteiger partial charge in [0.05, 0.1) is 18.5 Å². The molecular formula is C23H26FN3OS. The summed E-state index contributed by atoms with van der Waals surface area (Å²) in [7, 11) is 0. The van der Waals surface area contributed by atoms with E-state index in [4.69, 9.17) is 4.74 Å². The van der Waals surface area contributed by atoms with Gasteiger partial charge in [-0.1, -0.05) is 68.7 Å². The van der Waals surface area contributed by atoms with Crippen LogP contribution in [0.5, 0.6) is 0 Å². The predicted octanol–water partition coefficient (Wildman–Crippen LogP) is 6.49. The molecule has 0 fully saturated rings. The van der Waals surface area contributed by atoms with Crippen molar-refractivity contribution in [3.8, 4) is 11.3 Å². The van der Waals surface area contributed by atoms with Gasteiger partial charge >= 0.3 is 0 Å². The van der Waals surface area contributed by atoms with E-state index in [0.717, 1.165) is 24.1 Å². The van der Waals surface area contributed by atoms with Gasteiger partial charge in [0.2, 0.25) is 5.13 Å². The summed E-state index contributed by atoms with van der Waals surface area (Å²) in [4.78, 5) is 4.51. The lowest BCUT2D eigenvalue weighted by Gasteiger charge is -2.06. The van der Waals surface area contributed by atoms with E-state index in [1.807, 2.05) is 41.8 Å². The molecule has 3 aromatic rings. The average Bonchev–Trinajstić information content (AvgIpc) is 3.21. The van der Waals surface area contributed by atoms with Crippen LogP contribution in [0.15, 0.2) is 59.0 Å². The van der Waals surface area contributed by atoms with Crippen LogP contribution in [0.2, 0.25) is 0 Å². The fraction of sp³-hybridized carbons (Fsp3) is 0.304.